The van der Waals surface area contributed by atoms with Crippen molar-refractivity contribution in [2.45, 2.75) is 17.7 Å². The second-order valence-electron chi connectivity index (χ2n) is 8.06. The fourth-order valence-electron chi connectivity index (χ4n) is 4.45. The van der Waals surface area contributed by atoms with E-state index in [0.717, 1.165) is 33.8 Å². The van der Waals surface area contributed by atoms with Crippen LogP contribution in [0.15, 0.2) is 77.7 Å². The zero-order valence-electron chi connectivity index (χ0n) is 17.5. The summed E-state index contributed by atoms with van der Waals surface area (Å²) in [5, 5.41) is 3.40. The monoisotopic (exact) mass is 473 g/mol. The zero-order valence-corrected chi connectivity index (χ0v) is 19.1. The summed E-state index contributed by atoms with van der Waals surface area (Å²) in [4.78, 5) is 18.7. The summed E-state index contributed by atoms with van der Waals surface area (Å²) in [5.74, 6) is -0.314. The number of nitrogens with one attached hydrogen (secondary N) is 1. The molecule has 1 aliphatic carbocycles. The number of rotatable bonds is 4. The maximum atomic E-state index is 13.2. The molecule has 6 nitrogen and oxygen atoms in total. The van der Waals surface area contributed by atoms with Gasteiger partial charge in [-0.3, -0.25) is 14.4 Å². The number of nitrogens with zero attached hydrogens (tertiary/aromatic N) is 2. The van der Waals surface area contributed by atoms with Crippen LogP contribution in [0.25, 0.3) is 11.3 Å². The molecular formula is C25H19N3O3S2. The van der Waals surface area contributed by atoms with Gasteiger partial charge < -0.3 is 0 Å². The maximum absolute atomic E-state index is 13.2. The van der Waals surface area contributed by atoms with Crippen LogP contribution in [-0.2, 0) is 22.9 Å². The van der Waals surface area contributed by atoms with E-state index in [1.54, 1.807) is 12.1 Å². The molecule has 6 rings (SSSR count). The number of carbonyl (C=O) groups is 1. The molecule has 33 heavy (non-hydrogen) atoms. The van der Waals surface area contributed by atoms with Crippen molar-refractivity contribution in [1.29, 1.82) is 0 Å². The minimum Gasteiger partial charge on any atom is -0.298 e. The molecule has 2 heterocycles. The Balaban J connectivity index is 1.21. The highest BCUT2D eigenvalue weighted by atomic mass is 32.2. The first-order valence-corrected chi connectivity index (χ1v) is 12.9. The summed E-state index contributed by atoms with van der Waals surface area (Å²) in [6.45, 7) is 0.418. The molecule has 1 amide bonds. The average molecular weight is 474 g/mol. The number of aromatic nitrogens is 1. The fraction of sp³-hybridized carbons (Fsp3) is 0.120. The van der Waals surface area contributed by atoms with Crippen molar-refractivity contribution in [3.05, 3.63) is 94.4 Å². The van der Waals surface area contributed by atoms with E-state index >= 15 is 0 Å². The van der Waals surface area contributed by atoms with Gasteiger partial charge in [-0.25, -0.2) is 13.4 Å². The average Bonchev–Trinajstić information content (AvgIpc) is 3.52. The Morgan fingerprint density at radius 2 is 1.67 bits per heavy atom. The second kappa shape index (κ2) is 7.54. The number of thiazole rings is 1. The van der Waals surface area contributed by atoms with E-state index in [1.165, 1.54) is 33.3 Å². The Kier molecular flexibility index (Phi) is 4.60. The predicted octanol–water partition coefficient (Wildman–Crippen LogP) is 4.72. The Hall–Kier alpha value is -3.49. The van der Waals surface area contributed by atoms with Crippen molar-refractivity contribution in [3.8, 4) is 11.3 Å². The molecule has 164 valence electrons. The normalized spacial score (nSPS) is 14.0. The number of hydrogen-bond donors (Lipinski definition) is 1. The first-order chi connectivity index (χ1) is 16.0. The molecule has 0 saturated heterocycles. The summed E-state index contributed by atoms with van der Waals surface area (Å²) in [6, 6.07) is 21.7. The highest BCUT2D eigenvalue weighted by Gasteiger charge is 2.30. The second-order valence-corrected chi connectivity index (χ2v) is 11.0. The van der Waals surface area contributed by atoms with Crippen LogP contribution < -0.4 is 9.62 Å². The van der Waals surface area contributed by atoms with Crippen LogP contribution in [0.1, 0.15) is 26.4 Å². The van der Waals surface area contributed by atoms with Crippen LogP contribution in [0.5, 0.6) is 0 Å². The molecule has 0 bridgehead atoms. The van der Waals surface area contributed by atoms with Crippen LogP contribution in [0, 0.1) is 0 Å². The molecule has 2 aliphatic rings. The van der Waals surface area contributed by atoms with Crippen molar-refractivity contribution in [2.75, 3.05) is 16.2 Å². The van der Waals surface area contributed by atoms with Gasteiger partial charge in [0.25, 0.3) is 15.9 Å². The van der Waals surface area contributed by atoms with Crippen LogP contribution in [0.4, 0.5) is 10.8 Å². The Morgan fingerprint density at radius 1 is 0.939 bits per heavy atom. The number of hydrogen-bond acceptors (Lipinski definition) is 5. The highest BCUT2D eigenvalue weighted by molar-refractivity contribution is 7.92. The van der Waals surface area contributed by atoms with Gasteiger partial charge in [-0.05, 0) is 47.9 Å². The Bertz CT molecular complexity index is 1510. The number of amides is 1. The summed E-state index contributed by atoms with van der Waals surface area (Å²) in [6.07, 6.45) is 1.52. The lowest BCUT2D eigenvalue weighted by Gasteiger charge is -2.19. The van der Waals surface area contributed by atoms with Crippen molar-refractivity contribution in [3.63, 3.8) is 0 Å². The first kappa shape index (κ1) is 20.1. The Labute approximate surface area is 195 Å². The third kappa shape index (κ3) is 3.34. The van der Waals surface area contributed by atoms with Gasteiger partial charge in [0, 0.05) is 29.0 Å². The number of para-hydroxylation sites is 1. The molecule has 8 heteroatoms. The number of anilines is 2. The number of fused-ring (bicyclic) bond motifs is 4. The summed E-state index contributed by atoms with van der Waals surface area (Å²) in [7, 11) is -3.69. The molecule has 1 N–H and O–H groups in total. The van der Waals surface area contributed by atoms with Gasteiger partial charge in [-0.1, -0.05) is 42.5 Å². The van der Waals surface area contributed by atoms with Crippen molar-refractivity contribution < 1.29 is 13.2 Å². The number of sulfonamides is 1. The van der Waals surface area contributed by atoms with Gasteiger partial charge in [0.05, 0.1) is 16.3 Å². The molecule has 0 atom stereocenters. The van der Waals surface area contributed by atoms with Crippen molar-refractivity contribution >= 4 is 38.1 Å². The lowest BCUT2D eigenvalue weighted by atomic mass is 10.1. The number of benzene rings is 3. The maximum Gasteiger partial charge on any atom is 0.264 e. The fourth-order valence-corrected chi connectivity index (χ4v) is 6.94. The molecule has 3 aromatic carbocycles. The van der Waals surface area contributed by atoms with Crippen LogP contribution in [-0.4, -0.2) is 25.9 Å². The summed E-state index contributed by atoms with van der Waals surface area (Å²) < 4.78 is 27.8. The summed E-state index contributed by atoms with van der Waals surface area (Å²) in [5.41, 5.74) is 5.42. The highest BCUT2D eigenvalue weighted by Crippen LogP contribution is 2.41. The molecule has 0 saturated carbocycles. The molecule has 0 fully saturated rings. The van der Waals surface area contributed by atoms with E-state index in [-0.39, 0.29) is 10.8 Å². The molecule has 0 radical (unpaired) electrons. The van der Waals surface area contributed by atoms with Gasteiger partial charge >= 0.3 is 0 Å². The van der Waals surface area contributed by atoms with E-state index in [0.29, 0.717) is 23.7 Å². The standard InChI is InChI=1S/C25H19N3O3S2/c29-24(27-25-26-23-20-7-3-1-6-18(20)15-22(23)32-25)17-9-11-19(12-10-17)33(30,31)28-14-13-16-5-2-4-8-21(16)28/h1-12H,13-15H2,(H,26,27,29). The topological polar surface area (TPSA) is 79.4 Å². The van der Waals surface area contributed by atoms with E-state index in [9.17, 15) is 13.2 Å². The van der Waals surface area contributed by atoms with Crippen molar-refractivity contribution in [1.82, 2.24) is 4.98 Å². The van der Waals surface area contributed by atoms with E-state index in [2.05, 4.69) is 16.4 Å². The van der Waals surface area contributed by atoms with Crippen molar-refractivity contribution in [2.24, 2.45) is 0 Å². The number of carbonyl (C=O) groups excluding carboxylic acids is 1. The van der Waals surface area contributed by atoms with Crippen LogP contribution in [0.2, 0.25) is 0 Å². The smallest absolute Gasteiger partial charge is 0.264 e. The molecule has 0 spiro atoms. The molecule has 1 aromatic heterocycles. The van der Waals surface area contributed by atoms with E-state index in [1.807, 2.05) is 42.5 Å². The molecule has 0 unspecified atom stereocenters. The lowest BCUT2D eigenvalue weighted by Crippen LogP contribution is -2.29. The lowest BCUT2D eigenvalue weighted by molar-refractivity contribution is 0.102. The van der Waals surface area contributed by atoms with Gasteiger partial charge in [0.15, 0.2) is 5.13 Å². The predicted molar refractivity (Wildman–Crippen MR) is 129 cm³/mol. The van der Waals surface area contributed by atoms with Crippen LogP contribution in [0.3, 0.4) is 0 Å². The minimum atomic E-state index is -3.69. The quantitative estimate of drug-likeness (QED) is 0.410. The summed E-state index contributed by atoms with van der Waals surface area (Å²) >= 11 is 1.47. The Morgan fingerprint density at radius 3 is 2.48 bits per heavy atom. The minimum absolute atomic E-state index is 0.167. The van der Waals surface area contributed by atoms with Gasteiger partial charge in [0.1, 0.15) is 0 Å². The first-order valence-electron chi connectivity index (χ1n) is 10.6. The van der Waals surface area contributed by atoms with Crippen LogP contribution >= 0.6 is 11.3 Å². The molecule has 1 aliphatic heterocycles. The van der Waals surface area contributed by atoms with Gasteiger partial charge in [-0.15, -0.1) is 11.3 Å². The van der Waals surface area contributed by atoms with E-state index in [4.69, 9.17) is 0 Å². The van der Waals surface area contributed by atoms with Gasteiger partial charge in [0.2, 0.25) is 0 Å². The third-order valence-electron chi connectivity index (χ3n) is 6.09. The van der Waals surface area contributed by atoms with E-state index < -0.39 is 10.0 Å². The largest absolute Gasteiger partial charge is 0.298 e. The zero-order chi connectivity index (χ0) is 22.6. The SMILES string of the molecule is O=C(Nc1nc2c(s1)Cc1ccccc1-2)c1ccc(S(=O)(=O)N2CCc3ccccc32)cc1. The molecule has 4 aromatic rings. The third-order valence-corrected chi connectivity index (χ3v) is 8.89. The molecular weight excluding hydrogens is 454 g/mol. The van der Waals surface area contributed by atoms with Gasteiger partial charge in [-0.2, -0.15) is 0 Å².